The van der Waals surface area contributed by atoms with Crippen LogP contribution in [0.3, 0.4) is 0 Å². The van der Waals surface area contributed by atoms with E-state index in [2.05, 4.69) is 15.0 Å². The largest absolute Gasteiger partial charge is 0.489 e. The van der Waals surface area contributed by atoms with Crippen LogP contribution in [0.1, 0.15) is 20.3 Å². The summed E-state index contributed by atoms with van der Waals surface area (Å²) in [7, 11) is 1.37. The number of nitrogen functional groups attached to an aromatic ring is 1. The molecule has 0 aliphatic carbocycles. The van der Waals surface area contributed by atoms with Gasteiger partial charge in [-0.3, -0.25) is 0 Å². The summed E-state index contributed by atoms with van der Waals surface area (Å²) in [4.78, 5) is 13.4. The number of benzene rings is 1. The molecule has 0 bridgehead atoms. The third-order valence-electron chi connectivity index (χ3n) is 3.44. The van der Waals surface area contributed by atoms with Crippen LogP contribution in [-0.2, 0) is 4.74 Å². The molecule has 0 aromatic heterocycles. The highest BCUT2D eigenvalue weighted by Crippen LogP contribution is 2.34. The predicted octanol–water partition coefficient (Wildman–Crippen LogP) is 1.99. The Kier molecular flexibility index (Phi) is 4.77. The molecule has 1 aromatic rings. The van der Waals surface area contributed by atoms with Crippen LogP contribution in [0, 0.1) is 0 Å². The lowest BCUT2D eigenvalue weighted by atomic mass is 10.2. The number of amides is 1. The second kappa shape index (κ2) is 6.56. The van der Waals surface area contributed by atoms with E-state index < -0.39 is 6.09 Å². The molecule has 1 saturated heterocycles. The standard InChI is InChI=1S/C15H23N3O3/c1-10(2)21-13-6-4-5-12(14(13)16)18-8-7-11(9-18)17-15(19)20-3/h4-6,10-11H,7-9,16H2,1-3H3,(H,17,19). The maximum absolute atomic E-state index is 11.3. The van der Waals surface area contributed by atoms with Gasteiger partial charge in [-0.15, -0.1) is 0 Å². The number of anilines is 2. The molecule has 21 heavy (non-hydrogen) atoms. The van der Waals surface area contributed by atoms with Crippen LogP contribution in [0.5, 0.6) is 5.75 Å². The molecule has 1 aromatic carbocycles. The van der Waals surface area contributed by atoms with Crippen molar-refractivity contribution < 1.29 is 14.3 Å². The number of para-hydroxylation sites is 1. The summed E-state index contributed by atoms with van der Waals surface area (Å²) in [5.74, 6) is 0.701. The highest BCUT2D eigenvalue weighted by Gasteiger charge is 2.26. The third kappa shape index (κ3) is 3.71. The molecule has 1 unspecified atom stereocenters. The second-order valence-electron chi connectivity index (χ2n) is 5.42. The van der Waals surface area contributed by atoms with Crippen molar-refractivity contribution in [2.24, 2.45) is 0 Å². The first-order valence-electron chi connectivity index (χ1n) is 7.15. The highest BCUT2D eigenvalue weighted by molar-refractivity contribution is 5.75. The number of hydrogen-bond acceptors (Lipinski definition) is 5. The lowest BCUT2D eigenvalue weighted by molar-refractivity contribution is 0.167. The number of rotatable bonds is 4. The van der Waals surface area contributed by atoms with E-state index in [4.69, 9.17) is 10.5 Å². The van der Waals surface area contributed by atoms with Crippen molar-refractivity contribution in [2.45, 2.75) is 32.4 Å². The minimum Gasteiger partial charge on any atom is -0.489 e. The Morgan fingerprint density at radius 3 is 2.90 bits per heavy atom. The van der Waals surface area contributed by atoms with Gasteiger partial charge in [0.1, 0.15) is 5.75 Å². The molecule has 1 atom stereocenters. The Balaban J connectivity index is 2.07. The number of alkyl carbamates (subject to hydrolysis) is 1. The van der Waals surface area contributed by atoms with Crippen LogP contribution in [0.15, 0.2) is 18.2 Å². The number of carbonyl (C=O) groups excluding carboxylic acids is 1. The second-order valence-corrected chi connectivity index (χ2v) is 5.42. The van der Waals surface area contributed by atoms with Gasteiger partial charge in [-0.05, 0) is 32.4 Å². The summed E-state index contributed by atoms with van der Waals surface area (Å²) in [6.45, 7) is 5.49. The molecule has 1 aliphatic heterocycles. The van der Waals surface area contributed by atoms with Crippen LogP contribution >= 0.6 is 0 Å². The SMILES string of the molecule is COC(=O)NC1CCN(c2cccc(OC(C)C)c2N)C1. The van der Waals surface area contributed by atoms with Crippen molar-refractivity contribution in [3.8, 4) is 5.75 Å². The van der Waals surface area contributed by atoms with Crippen molar-refractivity contribution in [1.82, 2.24) is 5.32 Å². The molecule has 3 N–H and O–H groups in total. The fourth-order valence-electron chi connectivity index (χ4n) is 2.49. The number of methoxy groups -OCH3 is 1. The monoisotopic (exact) mass is 293 g/mol. The molecule has 1 amide bonds. The number of nitrogens with zero attached hydrogens (tertiary/aromatic N) is 1. The van der Waals surface area contributed by atoms with Gasteiger partial charge in [0.2, 0.25) is 0 Å². The molecule has 2 rings (SSSR count). The van der Waals surface area contributed by atoms with Crippen molar-refractivity contribution >= 4 is 17.5 Å². The quantitative estimate of drug-likeness (QED) is 0.830. The molecule has 116 valence electrons. The van der Waals surface area contributed by atoms with E-state index in [1.165, 1.54) is 7.11 Å². The first-order chi connectivity index (χ1) is 10.0. The normalized spacial score (nSPS) is 17.9. The molecule has 1 aliphatic rings. The topological polar surface area (TPSA) is 76.8 Å². The van der Waals surface area contributed by atoms with Crippen molar-refractivity contribution in [1.29, 1.82) is 0 Å². The van der Waals surface area contributed by atoms with E-state index in [0.29, 0.717) is 18.0 Å². The van der Waals surface area contributed by atoms with Gasteiger partial charge in [0.05, 0.1) is 30.6 Å². The van der Waals surface area contributed by atoms with Gasteiger partial charge in [0, 0.05) is 13.1 Å². The van der Waals surface area contributed by atoms with Crippen LogP contribution in [-0.4, -0.2) is 38.4 Å². The maximum Gasteiger partial charge on any atom is 0.407 e. The summed E-state index contributed by atoms with van der Waals surface area (Å²) >= 11 is 0. The number of nitrogens with one attached hydrogen (secondary N) is 1. The summed E-state index contributed by atoms with van der Waals surface area (Å²) < 4.78 is 10.3. The Labute approximate surface area is 125 Å². The third-order valence-corrected chi connectivity index (χ3v) is 3.44. The van der Waals surface area contributed by atoms with Crippen LogP contribution in [0.2, 0.25) is 0 Å². The lowest BCUT2D eigenvalue weighted by Crippen LogP contribution is -2.37. The zero-order valence-electron chi connectivity index (χ0n) is 12.8. The lowest BCUT2D eigenvalue weighted by Gasteiger charge is -2.23. The van der Waals surface area contributed by atoms with E-state index in [1.54, 1.807) is 0 Å². The average molecular weight is 293 g/mol. The van der Waals surface area contributed by atoms with E-state index in [9.17, 15) is 4.79 Å². The first kappa shape index (κ1) is 15.3. The first-order valence-corrected chi connectivity index (χ1v) is 7.15. The van der Waals surface area contributed by atoms with Crippen molar-refractivity contribution in [3.63, 3.8) is 0 Å². The van der Waals surface area contributed by atoms with Gasteiger partial charge in [0.15, 0.2) is 0 Å². The van der Waals surface area contributed by atoms with E-state index in [0.717, 1.165) is 18.7 Å². The number of carbonyl (C=O) groups is 1. The fourth-order valence-corrected chi connectivity index (χ4v) is 2.49. The highest BCUT2D eigenvalue weighted by atomic mass is 16.5. The van der Waals surface area contributed by atoms with Crippen LogP contribution < -0.4 is 20.7 Å². The molecule has 0 radical (unpaired) electrons. The minimum atomic E-state index is -0.397. The predicted molar refractivity (Wildman–Crippen MR) is 82.8 cm³/mol. The summed E-state index contributed by atoms with van der Waals surface area (Å²) in [5.41, 5.74) is 7.80. The zero-order valence-corrected chi connectivity index (χ0v) is 12.8. The summed E-state index contributed by atoms with van der Waals surface area (Å²) in [6, 6.07) is 5.86. The van der Waals surface area contributed by atoms with E-state index in [1.807, 2.05) is 32.0 Å². The molecule has 0 spiro atoms. The zero-order chi connectivity index (χ0) is 15.4. The minimum absolute atomic E-state index is 0.0755. The van der Waals surface area contributed by atoms with Crippen molar-refractivity contribution in [2.75, 3.05) is 30.8 Å². The Bertz CT molecular complexity index is 505. The van der Waals surface area contributed by atoms with E-state index in [-0.39, 0.29) is 12.1 Å². The van der Waals surface area contributed by atoms with E-state index >= 15 is 0 Å². The molecule has 0 saturated carbocycles. The van der Waals surface area contributed by atoms with Gasteiger partial charge in [-0.25, -0.2) is 4.79 Å². The Morgan fingerprint density at radius 1 is 1.48 bits per heavy atom. The average Bonchev–Trinajstić information content (AvgIpc) is 2.88. The van der Waals surface area contributed by atoms with Crippen molar-refractivity contribution in [3.05, 3.63) is 18.2 Å². The van der Waals surface area contributed by atoms with Gasteiger partial charge < -0.3 is 25.4 Å². The number of ether oxygens (including phenoxy) is 2. The van der Waals surface area contributed by atoms with Gasteiger partial charge in [-0.2, -0.15) is 0 Å². The van der Waals surface area contributed by atoms with Crippen LogP contribution in [0.4, 0.5) is 16.2 Å². The maximum atomic E-state index is 11.3. The summed E-state index contributed by atoms with van der Waals surface area (Å²) in [6.07, 6.45) is 0.547. The number of hydrogen-bond donors (Lipinski definition) is 2. The Hall–Kier alpha value is -2.11. The van der Waals surface area contributed by atoms with Gasteiger partial charge in [-0.1, -0.05) is 6.07 Å². The molecule has 1 fully saturated rings. The van der Waals surface area contributed by atoms with Crippen LogP contribution in [0.25, 0.3) is 0 Å². The Morgan fingerprint density at radius 2 is 2.24 bits per heavy atom. The molecule has 1 heterocycles. The molecule has 6 heteroatoms. The molecular weight excluding hydrogens is 270 g/mol. The van der Waals surface area contributed by atoms with Gasteiger partial charge >= 0.3 is 6.09 Å². The van der Waals surface area contributed by atoms with Gasteiger partial charge in [0.25, 0.3) is 0 Å². The smallest absolute Gasteiger partial charge is 0.407 e. The summed E-state index contributed by atoms with van der Waals surface area (Å²) in [5, 5.41) is 2.82. The molecular formula is C15H23N3O3. The number of nitrogens with two attached hydrogens (primary N) is 1. The fraction of sp³-hybridized carbons (Fsp3) is 0.533. The molecule has 6 nitrogen and oxygen atoms in total.